The molecule has 1 amide bonds. The third kappa shape index (κ3) is 3.94. The molecule has 0 N–H and O–H groups in total. The molecular formula is C14H14INO2S. The molecule has 0 aromatic carbocycles. The maximum absolute atomic E-state index is 12.0. The Hall–Kier alpha value is -1.08. The van der Waals surface area contributed by atoms with Crippen molar-refractivity contribution in [1.82, 2.24) is 4.90 Å². The van der Waals surface area contributed by atoms with Crippen LogP contribution in [-0.2, 0) is 11.3 Å². The van der Waals surface area contributed by atoms with Gasteiger partial charge < -0.3 is 9.32 Å². The lowest BCUT2D eigenvalue weighted by Crippen LogP contribution is -2.23. The van der Waals surface area contributed by atoms with Gasteiger partial charge in [0.1, 0.15) is 5.76 Å². The monoisotopic (exact) mass is 387 g/mol. The smallest absolute Gasteiger partial charge is 0.246 e. The number of carbonyl (C=O) groups excluding carboxylic acids is 1. The third-order valence-electron chi connectivity index (χ3n) is 2.71. The van der Waals surface area contributed by atoms with Crippen LogP contribution >= 0.6 is 33.9 Å². The quantitative estimate of drug-likeness (QED) is 0.589. The lowest BCUT2D eigenvalue weighted by molar-refractivity contribution is -0.125. The summed E-state index contributed by atoms with van der Waals surface area (Å²) in [7, 11) is 1.80. The van der Waals surface area contributed by atoms with Crippen molar-refractivity contribution in [3.63, 3.8) is 0 Å². The van der Waals surface area contributed by atoms with Gasteiger partial charge in [0.25, 0.3) is 0 Å². The summed E-state index contributed by atoms with van der Waals surface area (Å²) in [6.07, 6.45) is 3.24. The number of hydrogen-bond donors (Lipinski definition) is 0. The number of rotatable bonds is 4. The molecular weight excluding hydrogens is 373 g/mol. The molecule has 0 spiro atoms. The highest BCUT2D eigenvalue weighted by Crippen LogP contribution is 2.17. The zero-order valence-electron chi connectivity index (χ0n) is 10.7. The normalized spacial score (nSPS) is 11.1. The number of furan rings is 1. The molecule has 2 rings (SSSR count). The molecule has 2 aromatic heterocycles. The number of likely N-dealkylation sites (N-methyl/N-ethyl adjacent to an activating group) is 1. The molecule has 0 fully saturated rings. The molecule has 0 aliphatic carbocycles. The van der Waals surface area contributed by atoms with Crippen LogP contribution < -0.4 is 0 Å². The summed E-state index contributed by atoms with van der Waals surface area (Å²) >= 11 is 3.77. The highest BCUT2D eigenvalue weighted by atomic mass is 127. The summed E-state index contributed by atoms with van der Waals surface area (Å²) in [5, 5.41) is 2.05. The molecule has 0 radical (unpaired) electrons. The fourth-order valence-corrected chi connectivity index (χ4v) is 2.95. The molecule has 0 unspecified atom stereocenters. The van der Waals surface area contributed by atoms with Gasteiger partial charge in [-0.05, 0) is 64.7 Å². The first-order valence-corrected chi connectivity index (χ1v) is 7.73. The van der Waals surface area contributed by atoms with Gasteiger partial charge in [-0.3, -0.25) is 4.79 Å². The van der Waals surface area contributed by atoms with E-state index in [1.165, 1.54) is 16.5 Å². The second-order valence-electron chi connectivity index (χ2n) is 4.20. The summed E-state index contributed by atoms with van der Waals surface area (Å²) in [6.45, 7) is 2.70. The molecule has 0 saturated heterocycles. The lowest BCUT2D eigenvalue weighted by Gasteiger charge is -2.14. The van der Waals surface area contributed by atoms with E-state index in [-0.39, 0.29) is 5.91 Å². The predicted octanol–water partition coefficient (Wildman–Crippen LogP) is 3.93. The summed E-state index contributed by atoms with van der Waals surface area (Å²) < 4.78 is 6.18. The first-order valence-electron chi connectivity index (χ1n) is 5.78. The van der Waals surface area contributed by atoms with E-state index in [1.807, 2.05) is 17.5 Å². The molecule has 5 heteroatoms. The maximum atomic E-state index is 12.0. The van der Waals surface area contributed by atoms with Crippen LogP contribution in [0, 0.1) is 10.7 Å². The van der Waals surface area contributed by atoms with Crippen LogP contribution in [0.15, 0.2) is 34.1 Å². The summed E-state index contributed by atoms with van der Waals surface area (Å²) in [5.74, 6) is 0.665. The molecule has 0 atom stereocenters. The molecule has 0 aliphatic rings. The number of nitrogens with zero attached hydrogens (tertiary/aromatic N) is 1. The molecule has 19 heavy (non-hydrogen) atoms. The van der Waals surface area contributed by atoms with Crippen molar-refractivity contribution in [2.24, 2.45) is 0 Å². The second-order valence-corrected chi connectivity index (χ2v) is 6.26. The van der Waals surface area contributed by atoms with Crippen molar-refractivity contribution >= 4 is 45.9 Å². The summed E-state index contributed by atoms with van der Waals surface area (Å²) in [5.41, 5.74) is 1.23. The highest BCUT2D eigenvalue weighted by Gasteiger charge is 2.08. The van der Waals surface area contributed by atoms with Crippen molar-refractivity contribution in [2.75, 3.05) is 7.05 Å². The Morgan fingerprint density at radius 3 is 2.84 bits per heavy atom. The fourth-order valence-electron chi connectivity index (χ4n) is 1.56. The van der Waals surface area contributed by atoms with Gasteiger partial charge in [0.05, 0.1) is 6.54 Å². The van der Waals surface area contributed by atoms with Crippen LogP contribution in [0.25, 0.3) is 6.08 Å². The van der Waals surface area contributed by atoms with Crippen LogP contribution in [0.5, 0.6) is 0 Å². The van der Waals surface area contributed by atoms with Gasteiger partial charge in [-0.25, -0.2) is 0 Å². The van der Waals surface area contributed by atoms with Gasteiger partial charge in [0.15, 0.2) is 3.77 Å². The molecule has 0 bridgehead atoms. The Bertz CT molecular complexity index is 600. The Morgan fingerprint density at radius 1 is 1.47 bits per heavy atom. The van der Waals surface area contributed by atoms with Crippen LogP contribution in [0.3, 0.4) is 0 Å². The number of carbonyl (C=O) groups is 1. The molecule has 100 valence electrons. The number of thiophene rings is 1. The number of amides is 1. The average molecular weight is 387 g/mol. The summed E-state index contributed by atoms with van der Waals surface area (Å²) in [6, 6.07) is 5.78. The van der Waals surface area contributed by atoms with Gasteiger partial charge >= 0.3 is 0 Å². The van der Waals surface area contributed by atoms with E-state index >= 15 is 0 Å². The van der Waals surface area contributed by atoms with E-state index in [2.05, 4.69) is 35.6 Å². The molecule has 3 nitrogen and oxygen atoms in total. The predicted molar refractivity (Wildman–Crippen MR) is 86.0 cm³/mol. The first-order chi connectivity index (χ1) is 9.06. The zero-order valence-corrected chi connectivity index (χ0v) is 13.7. The Kier molecular flexibility index (Phi) is 4.81. The molecule has 0 saturated carbocycles. The van der Waals surface area contributed by atoms with Gasteiger partial charge in [-0.2, -0.15) is 0 Å². The fraction of sp³-hybridized carbons (Fsp3) is 0.214. The van der Waals surface area contributed by atoms with E-state index in [0.717, 1.165) is 3.77 Å². The molecule has 2 aromatic rings. The number of aryl methyl sites for hydroxylation is 1. The van der Waals surface area contributed by atoms with Gasteiger partial charge in [-0.1, -0.05) is 0 Å². The van der Waals surface area contributed by atoms with Gasteiger partial charge in [-0.15, -0.1) is 11.3 Å². The molecule has 2 heterocycles. The Balaban J connectivity index is 1.96. The summed E-state index contributed by atoms with van der Waals surface area (Å²) in [4.78, 5) is 14.9. The minimum absolute atomic E-state index is 0.0285. The van der Waals surface area contributed by atoms with E-state index in [1.54, 1.807) is 29.4 Å². The van der Waals surface area contributed by atoms with Gasteiger partial charge in [0.2, 0.25) is 5.91 Å². The van der Waals surface area contributed by atoms with E-state index in [9.17, 15) is 4.79 Å². The average Bonchev–Trinajstić information content (AvgIpc) is 2.96. The minimum atomic E-state index is -0.0285. The Labute approximate surface area is 130 Å². The van der Waals surface area contributed by atoms with Crippen LogP contribution in [0.1, 0.15) is 16.2 Å². The SMILES string of the molecule is Cc1ccsc1CN(C)C(=O)C=Cc1ccc(I)o1. The number of hydrogen-bond acceptors (Lipinski definition) is 3. The van der Waals surface area contributed by atoms with Crippen LogP contribution in [0.4, 0.5) is 0 Å². The van der Waals surface area contributed by atoms with Gasteiger partial charge in [0, 0.05) is 18.0 Å². The Morgan fingerprint density at radius 2 is 2.26 bits per heavy atom. The van der Waals surface area contributed by atoms with Crippen LogP contribution in [0.2, 0.25) is 0 Å². The highest BCUT2D eigenvalue weighted by molar-refractivity contribution is 14.1. The van der Waals surface area contributed by atoms with E-state index in [0.29, 0.717) is 12.3 Å². The zero-order chi connectivity index (χ0) is 13.8. The molecule has 0 aliphatic heterocycles. The largest absolute Gasteiger partial charge is 0.451 e. The van der Waals surface area contributed by atoms with E-state index < -0.39 is 0 Å². The second kappa shape index (κ2) is 6.38. The van der Waals surface area contributed by atoms with Crippen molar-refractivity contribution in [1.29, 1.82) is 0 Å². The van der Waals surface area contributed by atoms with Crippen molar-refractivity contribution in [3.8, 4) is 0 Å². The maximum Gasteiger partial charge on any atom is 0.246 e. The van der Waals surface area contributed by atoms with Crippen molar-refractivity contribution < 1.29 is 9.21 Å². The van der Waals surface area contributed by atoms with Crippen LogP contribution in [-0.4, -0.2) is 17.9 Å². The minimum Gasteiger partial charge on any atom is -0.451 e. The number of halogens is 1. The lowest BCUT2D eigenvalue weighted by atomic mass is 10.3. The van der Waals surface area contributed by atoms with Crippen molar-refractivity contribution in [2.45, 2.75) is 13.5 Å². The van der Waals surface area contributed by atoms with E-state index in [4.69, 9.17) is 4.42 Å². The van der Waals surface area contributed by atoms with Crippen molar-refractivity contribution in [3.05, 3.63) is 49.6 Å². The standard InChI is InChI=1S/C14H14INO2S/c1-10-7-8-19-12(10)9-16(2)14(17)6-4-11-3-5-13(15)18-11/h3-8H,9H2,1-2H3. The third-order valence-corrected chi connectivity index (χ3v) is 4.30. The topological polar surface area (TPSA) is 33.5 Å². The first kappa shape index (κ1) is 14.3.